The fourth-order valence-electron chi connectivity index (χ4n) is 3.63. The van der Waals surface area contributed by atoms with E-state index in [9.17, 15) is 19.2 Å². The molecule has 2 fully saturated rings. The van der Waals surface area contributed by atoms with E-state index >= 15 is 0 Å². The molecule has 0 bridgehead atoms. The van der Waals surface area contributed by atoms with Crippen LogP contribution in [0.3, 0.4) is 0 Å². The molecule has 3 rings (SSSR count). The number of hydrazine groups is 1. The van der Waals surface area contributed by atoms with Gasteiger partial charge >= 0.3 is 12.0 Å². The molecule has 156 valence electrons. The number of methoxy groups -OCH3 is 1. The molecule has 1 heterocycles. The zero-order valence-electron chi connectivity index (χ0n) is 16.4. The third-order valence-corrected chi connectivity index (χ3v) is 5.25. The van der Waals surface area contributed by atoms with Gasteiger partial charge in [-0.3, -0.25) is 19.8 Å². The van der Waals surface area contributed by atoms with Gasteiger partial charge in [-0.05, 0) is 37.0 Å². The largest absolute Gasteiger partial charge is 0.497 e. The molecule has 0 aromatic heterocycles. The minimum Gasteiger partial charge on any atom is -0.497 e. The Kier molecular flexibility index (Phi) is 6.36. The van der Waals surface area contributed by atoms with Gasteiger partial charge in [0.25, 0.3) is 11.8 Å². The number of nitrogens with zero attached hydrogens (tertiary/aromatic N) is 1. The van der Waals surface area contributed by atoms with E-state index in [1.165, 1.54) is 0 Å². The number of esters is 1. The van der Waals surface area contributed by atoms with Gasteiger partial charge in [-0.25, -0.2) is 4.79 Å². The van der Waals surface area contributed by atoms with Crippen LogP contribution in [0, 0.1) is 0 Å². The van der Waals surface area contributed by atoms with Gasteiger partial charge in [0, 0.05) is 6.42 Å². The van der Waals surface area contributed by atoms with E-state index in [1.54, 1.807) is 19.2 Å². The second-order valence-electron chi connectivity index (χ2n) is 7.26. The van der Waals surface area contributed by atoms with Crippen LogP contribution in [0.1, 0.15) is 44.1 Å². The third-order valence-electron chi connectivity index (χ3n) is 5.25. The molecule has 9 nitrogen and oxygen atoms in total. The Morgan fingerprint density at radius 2 is 1.83 bits per heavy atom. The van der Waals surface area contributed by atoms with Crippen molar-refractivity contribution in [3.05, 3.63) is 29.8 Å². The number of carbonyl (C=O) groups excluding carboxylic acids is 4. The Bertz CT molecular complexity index is 786. The molecule has 2 aliphatic rings. The number of aryl methyl sites for hydroxylation is 1. The number of benzene rings is 1. The molecule has 1 aliphatic carbocycles. The Morgan fingerprint density at radius 1 is 1.14 bits per heavy atom. The molecule has 0 atom stereocenters. The van der Waals surface area contributed by atoms with Crippen LogP contribution in [-0.2, 0) is 25.5 Å². The predicted molar refractivity (Wildman–Crippen MR) is 102 cm³/mol. The highest BCUT2D eigenvalue weighted by Gasteiger charge is 2.52. The van der Waals surface area contributed by atoms with E-state index in [2.05, 4.69) is 10.7 Å². The monoisotopic (exact) mass is 403 g/mol. The van der Waals surface area contributed by atoms with Crippen LogP contribution in [0.4, 0.5) is 4.79 Å². The second kappa shape index (κ2) is 8.93. The van der Waals surface area contributed by atoms with Crippen molar-refractivity contribution in [3.8, 4) is 5.75 Å². The van der Waals surface area contributed by atoms with Gasteiger partial charge in [0.2, 0.25) is 0 Å². The zero-order valence-corrected chi connectivity index (χ0v) is 16.4. The summed E-state index contributed by atoms with van der Waals surface area (Å²) in [6, 6.07) is 6.63. The number of hydrogen-bond acceptors (Lipinski definition) is 6. The number of urea groups is 1. The first-order valence-corrected chi connectivity index (χ1v) is 9.68. The van der Waals surface area contributed by atoms with Crippen LogP contribution in [0.5, 0.6) is 5.75 Å². The average Bonchev–Trinajstić information content (AvgIpc) is 2.95. The molecule has 1 saturated heterocycles. The smallest absolute Gasteiger partial charge is 0.344 e. The molecule has 1 saturated carbocycles. The highest BCUT2D eigenvalue weighted by Crippen LogP contribution is 2.32. The minimum absolute atomic E-state index is 0.103. The van der Waals surface area contributed by atoms with Gasteiger partial charge in [0.15, 0.2) is 6.61 Å². The Balaban J connectivity index is 1.42. The molecular weight excluding hydrogens is 378 g/mol. The van der Waals surface area contributed by atoms with E-state index in [4.69, 9.17) is 9.47 Å². The summed E-state index contributed by atoms with van der Waals surface area (Å²) >= 11 is 0. The lowest BCUT2D eigenvalue weighted by molar-refractivity contribution is -0.150. The number of carbonyl (C=O) groups is 4. The van der Waals surface area contributed by atoms with Crippen molar-refractivity contribution in [2.24, 2.45) is 0 Å². The summed E-state index contributed by atoms with van der Waals surface area (Å²) in [6.45, 7) is -0.564. The number of rotatable bonds is 7. The number of ether oxygens (including phenoxy) is 2. The van der Waals surface area contributed by atoms with Gasteiger partial charge in [-0.2, -0.15) is 5.01 Å². The van der Waals surface area contributed by atoms with Crippen molar-refractivity contribution in [2.75, 3.05) is 13.7 Å². The average molecular weight is 403 g/mol. The summed E-state index contributed by atoms with van der Waals surface area (Å²) < 4.78 is 10.0. The van der Waals surface area contributed by atoms with Crippen LogP contribution >= 0.6 is 0 Å². The van der Waals surface area contributed by atoms with Crippen molar-refractivity contribution >= 4 is 23.8 Å². The van der Waals surface area contributed by atoms with Gasteiger partial charge in [0.05, 0.1) is 7.11 Å². The summed E-state index contributed by atoms with van der Waals surface area (Å²) in [5.74, 6) is -1.01. The molecule has 4 amide bonds. The first kappa shape index (κ1) is 20.6. The van der Waals surface area contributed by atoms with E-state index in [0.29, 0.717) is 24.3 Å². The molecule has 9 heteroatoms. The molecule has 1 aromatic rings. The first-order chi connectivity index (χ1) is 13.9. The molecular formula is C20H25N3O6. The van der Waals surface area contributed by atoms with E-state index < -0.39 is 36.0 Å². The quantitative estimate of drug-likeness (QED) is 0.526. The number of nitrogens with one attached hydrogen (secondary N) is 2. The molecule has 1 aliphatic heterocycles. The lowest BCUT2D eigenvalue weighted by atomic mass is 9.82. The topological polar surface area (TPSA) is 114 Å². The Morgan fingerprint density at radius 3 is 2.48 bits per heavy atom. The van der Waals surface area contributed by atoms with Gasteiger partial charge in [-0.15, -0.1) is 0 Å². The number of hydrogen-bond donors (Lipinski definition) is 2. The summed E-state index contributed by atoms with van der Waals surface area (Å²) in [7, 11) is 1.58. The maximum Gasteiger partial charge on any atom is 0.344 e. The molecule has 2 N–H and O–H groups in total. The van der Waals surface area contributed by atoms with Crippen LogP contribution in [0.15, 0.2) is 24.3 Å². The lowest BCUT2D eigenvalue weighted by Crippen LogP contribution is -2.51. The van der Waals surface area contributed by atoms with Crippen LogP contribution in [0.2, 0.25) is 0 Å². The Labute approximate surface area is 168 Å². The van der Waals surface area contributed by atoms with Crippen LogP contribution in [-0.4, -0.2) is 48.1 Å². The fourth-order valence-corrected chi connectivity index (χ4v) is 3.63. The summed E-state index contributed by atoms with van der Waals surface area (Å²) in [6.07, 6.45) is 4.39. The maximum atomic E-state index is 12.6. The maximum absolute atomic E-state index is 12.6. The highest BCUT2D eigenvalue weighted by molar-refractivity contribution is 6.08. The van der Waals surface area contributed by atoms with Crippen LogP contribution < -0.4 is 15.5 Å². The predicted octanol–water partition coefficient (Wildman–Crippen LogP) is 1.46. The fraction of sp³-hybridized carbons (Fsp3) is 0.500. The third kappa shape index (κ3) is 4.85. The number of imide groups is 1. The highest BCUT2D eigenvalue weighted by atomic mass is 16.5. The molecule has 0 unspecified atom stereocenters. The summed E-state index contributed by atoms with van der Waals surface area (Å²) in [4.78, 5) is 48.6. The van der Waals surface area contributed by atoms with E-state index in [0.717, 1.165) is 30.6 Å². The number of amides is 4. The SMILES string of the molecule is COc1ccc(CCC(=O)OCC(=O)NN2C(=O)NC3(CCCCC3)C2=O)cc1. The lowest BCUT2D eigenvalue weighted by Gasteiger charge is -2.30. The molecule has 0 radical (unpaired) electrons. The van der Waals surface area contributed by atoms with Crippen molar-refractivity contribution < 1.29 is 28.7 Å². The van der Waals surface area contributed by atoms with Gasteiger partial charge < -0.3 is 14.8 Å². The molecule has 1 spiro atoms. The zero-order chi connectivity index (χ0) is 20.9. The van der Waals surface area contributed by atoms with Crippen molar-refractivity contribution in [2.45, 2.75) is 50.5 Å². The summed E-state index contributed by atoms with van der Waals surface area (Å²) in [5, 5.41) is 3.39. The van der Waals surface area contributed by atoms with Gasteiger partial charge in [-0.1, -0.05) is 31.4 Å². The minimum atomic E-state index is -0.919. The Hall–Kier alpha value is -3.10. The molecule has 29 heavy (non-hydrogen) atoms. The second-order valence-corrected chi connectivity index (χ2v) is 7.26. The molecule has 1 aromatic carbocycles. The standard InChI is InChI=1S/C20H25N3O6/c1-28-15-8-5-14(6-9-15)7-10-17(25)29-13-16(24)22-23-18(26)20(21-19(23)27)11-3-2-4-12-20/h5-6,8-9H,2-4,7,10-13H2,1H3,(H,21,27)(H,22,24). The first-order valence-electron chi connectivity index (χ1n) is 9.68. The van der Waals surface area contributed by atoms with E-state index in [1.807, 2.05) is 12.1 Å². The van der Waals surface area contributed by atoms with Crippen molar-refractivity contribution in [3.63, 3.8) is 0 Å². The normalized spacial score (nSPS) is 17.8. The van der Waals surface area contributed by atoms with Gasteiger partial charge in [0.1, 0.15) is 11.3 Å². The van der Waals surface area contributed by atoms with E-state index in [-0.39, 0.29) is 6.42 Å². The summed E-state index contributed by atoms with van der Waals surface area (Å²) in [5.41, 5.74) is 2.25. The van der Waals surface area contributed by atoms with Crippen molar-refractivity contribution in [1.29, 1.82) is 0 Å². The van der Waals surface area contributed by atoms with Crippen LogP contribution in [0.25, 0.3) is 0 Å². The van der Waals surface area contributed by atoms with Crippen molar-refractivity contribution in [1.82, 2.24) is 15.8 Å².